The zero-order valence-electron chi connectivity index (χ0n) is 18.6. The monoisotopic (exact) mass is 440 g/mol. The minimum atomic E-state index is -0.280. The third-order valence-corrected chi connectivity index (χ3v) is 6.84. The fourth-order valence-corrected chi connectivity index (χ4v) is 4.82. The Morgan fingerprint density at radius 2 is 1.75 bits per heavy atom. The molecule has 32 heavy (non-hydrogen) atoms. The Labute approximate surface area is 189 Å². The van der Waals surface area contributed by atoms with E-state index in [2.05, 4.69) is 14.8 Å². The number of aromatic nitrogens is 1. The van der Waals surface area contributed by atoms with E-state index in [0.29, 0.717) is 18.1 Å². The molecule has 1 saturated heterocycles. The molecule has 4 rings (SSSR count). The minimum Gasteiger partial charge on any atom is -0.506 e. The Morgan fingerprint density at radius 3 is 2.41 bits per heavy atom. The summed E-state index contributed by atoms with van der Waals surface area (Å²) >= 11 is 0. The Bertz CT molecular complexity index is 865. The van der Waals surface area contributed by atoms with Crippen LogP contribution in [0.1, 0.15) is 25.7 Å². The highest BCUT2D eigenvalue weighted by Crippen LogP contribution is 2.31. The van der Waals surface area contributed by atoms with Gasteiger partial charge in [0.15, 0.2) is 0 Å². The lowest BCUT2D eigenvalue weighted by Gasteiger charge is -2.37. The van der Waals surface area contributed by atoms with E-state index in [0.717, 1.165) is 64.1 Å². The van der Waals surface area contributed by atoms with Gasteiger partial charge in [-0.1, -0.05) is 18.2 Å². The second-order valence-electron chi connectivity index (χ2n) is 8.87. The van der Waals surface area contributed by atoms with E-state index in [-0.39, 0.29) is 24.4 Å². The lowest BCUT2D eigenvalue weighted by Crippen LogP contribution is -2.50. The Balaban J connectivity index is 1.35. The molecule has 1 amide bonds. The van der Waals surface area contributed by atoms with Crippen LogP contribution in [0.25, 0.3) is 0 Å². The topological polar surface area (TPSA) is 59.9 Å². The lowest BCUT2D eigenvalue weighted by molar-refractivity contribution is -0.123. The van der Waals surface area contributed by atoms with Gasteiger partial charge in [0.2, 0.25) is 5.91 Å². The fraction of sp³-hybridized carbons (Fsp3) is 0.520. The number of phenols is 1. The smallest absolute Gasteiger partial charge is 0.231 e. The normalized spacial score (nSPS) is 22.0. The maximum absolute atomic E-state index is 13.4. The van der Waals surface area contributed by atoms with E-state index in [1.54, 1.807) is 12.3 Å². The van der Waals surface area contributed by atoms with Gasteiger partial charge in [-0.3, -0.25) is 19.0 Å². The van der Waals surface area contributed by atoms with E-state index < -0.39 is 0 Å². The molecule has 6 nitrogen and oxygen atoms in total. The molecular formula is C25H33FN4O2. The summed E-state index contributed by atoms with van der Waals surface area (Å²) < 4.78 is 13.0. The number of hydrogen-bond donors (Lipinski definition) is 1. The molecule has 1 aromatic carbocycles. The lowest BCUT2D eigenvalue weighted by atomic mass is 9.82. The predicted octanol–water partition coefficient (Wildman–Crippen LogP) is 3.72. The number of phenolic OH excluding ortho intramolecular Hbond substituents is 1. The molecule has 0 radical (unpaired) electrons. The van der Waals surface area contributed by atoms with Crippen LogP contribution in [0, 0.1) is 11.8 Å². The van der Waals surface area contributed by atoms with Gasteiger partial charge < -0.3 is 10.0 Å². The zero-order chi connectivity index (χ0) is 22.3. The summed E-state index contributed by atoms with van der Waals surface area (Å²) in [6, 6.07) is 13.1. The van der Waals surface area contributed by atoms with Gasteiger partial charge in [0, 0.05) is 51.4 Å². The largest absolute Gasteiger partial charge is 0.506 e. The van der Waals surface area contributed by atoms with Crippen LogP contribution in [0.5, 0.6) is 5.75 Å². The van der Waals surface area contributed by atoms with Gasteiger partial charge in [-0.05, 0) is 55.9 Å². The van der Waals surface area contributed by atoms with Gasteiger partial charge in [0.25, 0.3) is 0 Å². The van der Waals surface area contributed by atoms with Crippen LogP contribution in [0.4, 0.5) is 15.9 Å². The SMILES string of the molecule is O=C([C@H]1CC[C@H](CF)CC1)N(CCN1CCN(c2ccccc2O)CC1)c1ccccn1. The minimum absolute atomic E-state index is 0.0438. The summed E-state index contributed by atoms with van der Waals surface area (Å²) in [5, 5.41) is 10.1. The molecule has 0 spiro atoms. The molecule has 1 aliphatic heterocycles. The van der Waals surface area contributed by atoms with Gasteiger partial charge in [0.05, 0.1) is 12.4 Å². The van der Waals surface area contributed by atoms with E-state index >= 15 is 0 Å². The number of para-hydroxylation sites is 2. The van der Waals surface area contributed by atoms with Crippen molar-refractivity contribution >= 4 is 17.4 Å². The van der Waals surface area contributed by atoms with Crippen LogP contribution < -0.4 is 9.80 Å². The van der Waals surface area contributed by atoms with Crippen molar-refractivity contribution in [1.82, 2.24) is 9.88 Å². The van der Waals surface area contributed by atoms with Crippen LogP contribution in [0.15, 0.2) is 48.7 Å². The number of nitrogens with zero attached hydrogens (tertiary/aromatic N) is 4. The van der Waals surface area contributed by atoms with Crippen LogP contribution in [-0.4, -0.2) is 66.8 Å². The zero-order valence-corrected chi connectivity index (χ0v) is 18.6. The van der Waals surface area contributed by atoms with Crippen molar-refractivity contribution in [2.75, 3.05) is 55.7 Å². The summed E-state index contributed by atoms with van der Waals surface area (Å²) in [5.41, 5.74) is 0.876. The second-order valence-corrected chi connectivity index (χ2v) is 8.87. The van der Waals surface area contributed by atoms with Crippen LogP contribution >= 0.6 is 0 Å². The number of carbonyl (C=O) groups excluding carboxylic acids is 1. The average molecular weight is 441 g/mol. The number of pyridine rings is 1. The van der Waals surface area contributed by atoms with E-state index in [9.17, 15) is 14.3 Å². The molecule has 0 atom stereocenters. The molecule has 2 heterocycles. The number of benzene rings is 1. The van der Waals surface area contributed by atoms with Gasteiger partial charge in [-0.2, -0.15) is 0 Å². The van der Waals surface area contributed by atoms with Crippen LogP contribution in [0.2, 0.25) is 0 Å². The fourth-order valence-electron chi connectivity index (χ4n) is 4.82. The summed E-state index contributed by atoms with van der Waals surface area (Å²) in [6.45, 7) is 4.51. The maximum Gasteiger partial charge on any atom is 0.231 e. The number of rotatable bonds is 7. The Hall–Kier alpha value is -2.67. The molecule has 1 saturated carbocycles. The first-order valence-electron chi connectivity index (χ1n) is 11.7. The van der Waals surface area contributed by atoms with Crippen LogP contribution in [0.3, 0.4) is 0 Å². The van der Waals surface area contributed by atoms with Crippen molar-refractivity contribution in [1.29, 1.82) is 0 Å². The molecule has 7 heteroatoms. The number of halogens is 1. The summed E-state index contributed by atoms with van der Waals surface area (Å²) in [4.78, 5) is 24.2. The molecular weight excluding hydrogens is 407 g/mol. The highest BCUT2D eigenvalue weighted by molar-refractivity contribution is 5.94. The van der Waals surface area contributed by atoms with Gasteiger partial charge in [0.1, 0.15) is 11.6 Å². The van der Waals surface area contributed by atoms with Gasteiger partial charge in [-0.15, -0.1) is 0 Å². The van der Waals surface area contributed by atoms with Crippen molar-refractivity contribution in [3.05, 3.63) is 48.7 Å². The maximum atomic E-state index is 13.4. The molecule has 2 fully saturated rings. The highest BCUT2D eigenvalue weighted by atomic mass is 19.1. The number of aromatic hydroxyl groups is 1. The molecule has 2 aliphatic rings. The molecule has 1 aromatic heterocycles. The van der Waals surface area contributed by atoms with Crippen molar-refractivity contribution < 1.29 is 14.3 Å². The molecule has 1 aliphatic carbocycles. The number of amides is 1. The van der Waals surface area contributed by atoms with Crippen molar-refractivity contribution in [2.24, 2.45) is 11.8 Å². The molecule has 0 unspecified atom stereocenters. The van der Waals surface area contributed by atoms with Crippen LogP contribution in [-0.2, 0) is 4.79 Å². The number of alkyl halides is 1. The molecule has 2 aromatic rings. The summed E-state index contributed by atoms with van der Waals surface area (Å²) in [6.07, 6.45) is 4.82. The number of carbonyl (C=O) groups is 1. The molecule has 0 bridgehead atoms. The van der Waals surface area contributed by atoms with Crippen molar-refractivity contribution in [3.63, 3.8) is 0 Å². The third-order valence-electron chi connectivity index (χ3n) is 6.84. The van der Waals surface area contributed by atoms with Gasteiger partial charge in [-0.25, -0.2) is 4.98 Å². The Kier molecular flexibility index (Phi) is 7.58. The third kappa shape index (κ3) is 5.38. The highest BCUT2D eigenvalue weighted by Gasteiger charge is 2.31. The van der Waals surface area contributed by atoms with Crippen molar-refractivity contribution in [2.45, 2.75) is 25.7 Å². The second kappa shape index (κ2) is 10.8. The summed E-state index contributed by atoms with van der Waals surface area (Å²) in [7, 11) is 0. The molecule has 172 valence electrons. The van der Waals surface area contributed by atoms with E-state index in [4.69, 9.17) is 0 Å². The predicted molar refractivity (Wildman–Crippen MR) is 125 cm³/mol. The van der Waals surface area contributed by atoms with Gasteiger partial charge >= 0.3 is 0 Å². The van der Waals surface area contributed by atoms with Crippen molar-refractivity contribution in [3.8, 4) is 5.75 Å². The van der Waals surface area contributed by atoms with E-state index in [1.165, 1.54) is 0 Å². The average Bonchev–Trinajstić information content (AvgIpc) is 2.85. The number of hydrogen-bond acceptors (Lipinski definition) is 5. The quantitative estimate of drug-likeness (QED) is 0.711. The standard InChI is InChI=1S/C25H33FN4O2/c26-19-20-8-10-21(11-9-20)25(32)30(24-7-3-4-12-27-24)18-15-28-13-16-29(17-14-28)22-5-1-2-6-23(22)31/h1-7,12,20-21,31H,8-11,13-19H2/t20-,21-. The summed E-state index contributed by atoms with van der Waals surface area (Å²) in [5.74, 6) is 1.20. The first-order valence-corrected chi connectivity index (χ1v) is 11.7. The van der Waals surface area contributed by atoms with E-state index in [1.807, 2.05) is 41.3 Å². The number of anilines is 2. The Morgan fingerprint density at radius 1 is 1.03 bits per heavy atom. The number of piperazine rings is 1. The first kappa shape index (κ1) is 22.5. The first-order chi connectivity index (χ1) is 15.7. The molecule has 1 N–H and O–H groups in total.